The van der Waals surface area contributed by atoms with Gasteiger partial charge in [-0.05, 0) is 68.3 Å². The summed E-state index contributed by atoms with van der Waals surface area (Å²) in [5, 5.41) is 3.74. The van der Waals surface area contributed by atoms with Crippen molar-refractivity contribution in [1.29, 1.82) is 0 Å². The first-order valence-electron chi connectivity index (χ1n) is 10.5. The fraction of sp³-hybridized carbons (Fsp3) is 0.240. The van der Waals surface area contributed by atoms with Gasteiger partial charge in [0.25, 0.3) is 5.91 Å². The van der Waals surface area contributed by atoms with E-state index in [0.29, 0.717) is 39.4 Å². The number of ether oxygens (including phenoxy) is 2. The van der Waals surface area contributed by atoms with Gasteiger partial charge in [-0.2, -0.15) is 0 Å². The number of hydrogen-bond acceptors (Lipinski definition) is 7. The molecule has 4 rings (SSSR count). The van der Waals surface area contributed by atoms with Gasteiger partial charge in [-0.3, -0.25) is 9.78 Å². The lowest BCUT2D eigenvalue weighted by molar-refractivity contribution is 0.0943. The van der Waals surface area contributed by atoms with Gasteiger partial charge >= 0.3 is 0 Å². The number of furan rings is 1. The van der Waals surface area contributed by atoms with E-state index in [1.807, 2.05) is 63.2 Å². The molecule has 3 aromatic heterocycles. The molecule has 8 heteroatoms. The summed E-state index contributed by atoms with van der Waals surface area (Å²) in [6.45, 7) is 6.04. The zero-order chi connectivity index (χ0) is 23.4. The van der Waals surface area contributed by atoms with Crippen molar-refractivity contribution in [2.24, 2.45) is 0 Å². The lowest BCUT2D eigenvalue weighted by atomic mass is 10.1. The molecule has 1 N–H and O–H groups in total. The quantitative estimate of drug-likeness (QED) is 0.372. The maximum absolute atomic E-state index is 12.9. The Labute approximate surface area is 196 Å². The lowest BCUT2D eigenvalue weighted by Crippen LogP contribution is -2.26. The molecule has 4 aromatic rings. The summed E-state index contributed by atoms with van der Waals surface area (Å²) in [6, 6.07) is 13.0. The van der Waals surface area contributed by atoms with E-state index < -0.39 is 0 Å². The standard InChI is InChI=1S/C25H25N3O4S/c1-15-5-7-21(32-15)25-28-17(3)23(33-25)24(29)27-16(2)19-6-8-20(22(13-19)30-4)31-14-18-9-11-26-12-10-18/h5-13,16H,14H2,1-4H3,(H,27,29). The van der Waals surface area contributed by atoms with Crippen LogP contribution in [-0.2, 0) is 6.61 Å². The summed E-state index contributed by atoms with van der Waals surface area (Å²) in [5.41, 5.74) is 2.59. The van der Waals surface area contributed by atoms with E-state index in [2.05, 4.69) is 15.3 Å². The molecule has 7 nitrogen and oxygen atoms in total. The molecule has 0 aliphatic rings. The maximum atomic E-state index is 12.9. The molecule has 0 fully saturated rings. The molecular formula is C25H25N3O4S. The van der Waals surface area contributed by atoms with Crippen molar-refractivity contribution in [2.45, 2.75) is 33.4 Å². The van der Waals surface area contributed by atoms with Crippen molar-refractivity contribution in [1.82, 2.24) is 15.3 Å². The first-order chi connectivity index (χ1) is 15.9. The second kappa shape index (κ2) is 9.87. The van der Waals surface area contributed by atoms with Crippen LogP contribution >= 0.6 is 11.3 Å². The SMILES string of the molecule is COc1cc(C(C)NC(=O)c2sc(-c3ccc(C)o3)nc2C)ccc1OCc1ccncc1. The Balaban J connectivity index is 1.45. The Morgan fingerprint density at radius 2 is 1.91 bits per heavy atom. The number of aromatic nitrogens is 2. The van der Waals surface area contributed by atoms with Crippen molar-refractivity contribution >= 4 is 17.2 Å². The average molecular weight is 464 g/mol. The minimum absolute atomic E-state index is 0.177. The Morgan fingerprint density at radius 3 is 2.61 bits per heavy atom. The van der Waals surface area contributed by atoms with E-state index in [4.69, 9.17) is 13.9 Å². The summed E-state index contributed by atoms with van der Waals surface area (Å²) < 4.78 is 17.1. The number of rotatable bonds is 8. The van der Waals surface area contributed by atoms with E-state index >= 15 is 0 Å². The number of pyridine rings is 1. The van der Waals surface area contributed by atoms with Crippen molar-refractivity contribution < 1.29 is 18.7 Å². The molecule has 1 aromatic carbocycles. The Hall–Kier alpha value is -3.65. The summed E-state index contributed by atoms with van der Waals surface area (Å²) in [6.07, 6.45) is 3.46. The van der Waals surface area contributed by atoms with Crippen LogP contribution in [0.25, 0.3) is 10.8 Å². The number of nitrogens with zero attached hydrogens (tertiary/aromatic N) is 2. The van der Waals surface area contributed by atoms with Gasteiger partial charge in [0.15, 0.2) is 22.3 Å². The highest BCUT2D eigenvalue weighted by molar-refractivity contribution is 7.17. The maximum Gasteiger partial charge on any atom is 0.263 e. The van der Waals surface area contributed by atoms with Gasteiger partial charge in [0.05, 0.1) is 18.8 Å². The third kappa shape index (κ3) is 5.23. The van der Waals surface area contributed by atoms with Crippen molar-refractivity contribution in [3.05, 3.63) is 82.3 Å². The van der Waals surface area contributed by atoms with E-state index in [-0.39, 0.29) is 11.9 Å². The molecule has 0 aliphatic carbocycles. The average Bonchev–Trinajstić information content (AvgIpc) is 3.43. The number of amides is 1. The van der Waals surface area contributed by atoms with Crippen molar-refractivity contribution in [3.63, 3.8) is 0 Å². The number of aryl methyl sites for hydroxylation is 2. The van der Waals surface area contributed by atoms with Crippen molar-refractivity contribution in [3.8, 4) is 22.3 Å². The molecule has 1 unspecified atom stereocenters. The van der Waals surface area contributed by atoms with Gasteiger partial charge in [0.1, 0.15) is 17.2 Å². The van der Waals surface area contributed by atoms with Crippen LogP contribution < -0.4 is 14.8 Å². The summed E-state index contributed by atoms with van der Waals surface area (Å²) in [4.78, 5) is 22.0. The molecule has 0 radical (unpaired) electrons. The smallest absolute Gasteiger partial charge is 0.263 e. The van der Waals surface area contributed by atoms with E-state index in [1.54, 1.807) is 19.5 Å². The van der Waals surface area contributed by atoms with Gasteiger partial charge in [-0.1, -0.05) is 6.07 Å². The van der Waals surface area contributed by atoms with Gasteiger partial charge in [0.2, 0.25) is 0 Å². The third-order valence-electron chi connectivity index (χ3n) is 5.13. The molecule has 0 saturated heterocycles. The van der Waals surface area contributed by atoms with Crippen LogP contribution in [0, 0.1) is 13.8 Å². The molecule has 0 spiro atoms. The normalized spacial score (nSPS) is 11.8. The molecule has 3 heterocycles. The van der Waals surface area contributed by atoms with E-state index in [0.717, 1.165) is 16.9 Å². The van der Waals surface area contributed by atoms with Crippen LogP contribution in [0.15, 0.2) is 59.3 Å². The molecule has 0 bridgehead atoms. The van der Waals surface area contributed by atoms with Crippen LogP contribution in [0.2, 0.25) is 0 Å². The molecule has 1 atom stereocenters. The number of hydrogen-bond donors (Lipinski definition) is 1. The largest absolute Gasteiger partial charge is 0.493 e. The molecule has 33 heavy (non-hydrogen) atoms. The number of methoxy groups -OCH3 is 1. The van der Waals surface area contributed by atoms with E-state index in [1.165, 1.54) is 11.3 Å². The van der Waals surface area contributed by atoms with Crippen LogP contribution in [-0.4, -0.2) is 23.0 Å². The van der Waals surface area contributed by atoms with Crippen LogP contribution in [0.4, 0.5) is 0 Å². The molecule has 1 amide bonds. The highest BCUT2D eigenvalue weighted by atomic mass is 32.1. The van der Waals surface area contributed by atoms with Crippen LogP contribution in [0.5, 0.6) is 11.5 Å². The predicted octanol–water partition coefficient (Wildman–Crippen LogP) is 5.49. The topological polar surface area (TPSA) is 86.5 Å². The molecular weight excluding hydrogens is 438 g/mol. The second-order valence-corrected chi connectivity index (χ2v) is 8.59. The van der Waals surface area contributed by atoms with Gasteiger partial charge in [0, 0.05) is 12.4 Å². The monoisotopic (exact) mass is 463 g/mol. The fourth-order valence-corrected chi connectivity index (χ4v) is 4.25. The Bertz CT molecular complexity index is 1250. The molecule has 170 valence electrons. The fourth-order valence-electron chi connectivity index (χ4n) is 3.32. The lowest BCUT2D eigenvalue weighted by Gasteiger charge is -2.17. The highest BCUT2D eigenvalue weighted by Crippen LogP contribution is 2.32. The zero-order valence-electron chi connectivity index (χ0n) is 18.9. The van der Waals surface area contributed by atoms with Crippen molar-refractivity contribution in [2.75, 3.05) is 7.11 Å². The van der Waals surface area contributed by atoms with E-state index in [9.17, 15) is 4.79 Å². The van der Waals surface area contributed by atoms with Gasteiger partial charge in [-0.15, -0.1) is 11.3 Å². The Kier molecular flexibility index (Phi) is 6.74. The third-order valence-corrected chi connectivity index (χ3v) is 6.30. The minimum atomic E-state index is -0.239. The zero-order valence-corrected chi connectivity index (χ0v) is 19.7. The first kappa shape index (κ1) is 22.5. The summed E-state index contributed by atoms with van der Waals surface area (Å²) in [5.74, 6) is 2.53. The van der Waals surface area contributed by atoms with Crippen LogP contribution in [0.1, 0.15) is 45.2 Å². The summed E-state index contributed by atoms with van der Waals surface area (Å²) >= 11 is 1.32. The first-order valence-corrected chi connectivity index (χ1v) is 11.3. The molecule has 0 saturated carbocycles. The number of carbonyl (C=O) groups is 1. The minimum Gasteiger partial charge on any atom is -0.493 e. The number of benzene rings is 1. The van der Waals surface area contributed by atoms with Crippen LogP contribution in [0.3, 0.4) is 0 Å². The second-order valence-electron chi connectivity index (χ2n) is 7.59. The predicted molar refractivity (Wildman–Crippen MR) is 127 cm³/mol. The van der Waals surface area contributed by atoms with Gasteiger partial charge in [-0.25, -0.2) is 4.98 Å². The number of thiazole rings is 1. The molecule has 0 aliphatic heterocycles. The summed E-state index contributed by atoms with van der Waals surface area (Å²) in [7, 11) is 1.60. The number of nitrogens with one attached hydrogen (secondary N) is 1. The highest BCUT2D eigenvalue weighted by Gasteiger charge is 2.20. The number of carbonyl (C=O) groups excluding carboxylic acids is 1. The van der Waals surface area contributed by atoms with Gasteiger partial charge < -0.3 is 19.2 Å². The Morgan fingerprint density at radius 1 is 1.12 bits per heavy atom.